The van der Waals surface area contributed by atoms with Crippen LogP contribution in [0.15, 0.2) is 40.9 Å². The number of furan rings is 1. The summed E-state index contributed by atoms with van der Waals surface area (Å²) < 4.78 is 5.50. The van der Waals surface area contributed by atoms with Crippen LogP contribution < -0.4 is 5.73 Å². The van der Waals surface area contributed by atoms with Crippen LogP contribution in [0.5, 0.6) is 0 Å². The van der Waals surface area contributed by atoms with Crippen LogP contribution in [0.4, 0.5) is 0 Å². The van der Waals surface area contributed by atoms with Crippen LogP contribution >= 0.6 is 0 Å². The molecule has 1 aromatic heterocycles. The quantitative estimate of drug-likeness (QED) is 0.341. The molecule has 1 heterocycles. The summed E-state index contributed by atoms with van der Waals surface area (Å²) in [6.45, 7) is 1.89. The molecule has 0 radical (unpaired) electrons. The number of hydrogen-bond acceptors (Lipinski definition) is 5. The standard InChI is InChI=1S/C22H33NO5/c1-15-8-11-17(28-15)12-9-16(24)10-13-19-18(20(25)14-21(19)26)6-4-2-3-5-7-22(23)27/h2,4,8,10-11,13,16,18-21,24-26H,3,5-7,9,12,14H2,1H3,(H2,23,27)/t16?,18-,19?,20?,21?/m1/s1. The molecule has 0 aromatic carbocycles. The van der Waals surface area contributed by atoms with Crippen molar-refractivity contribution < 1.29 is 24.5 Å². The minimum absolute atomic E-state index is 0.0847. The lowest BCUT2D eigenvalue weighted by Crippen LogP contribution is -2.20. The number of carbonyl (C=O) groups excluding carboxylic acids is 1. The molecule has 0 bridgehead atoms. The summed E-state index contributed by atoms with van der Waals surface area (Å²) in [6.07, 6.45) is 9.75. The molecule has 1 aliphatic carbocycles. The highest BCUT2D eigenvalue weighted by Crippen LogP contribution is 2.36. The Morgan fingerprint density at radius 3 is 2.79 bits per heavy atom. The maximum Gasteiger partial charge on any atom is 0.217 e. The summed E-state index contributed by atoms with van der Waals surface area (Å²) in [5.74, 6) is 1.13. The van der Waals surface area contributed by atoms with Crippen LogP contribution in [0.2, 0.25) is 0 Å². The molecule has 6 heteroatoms. The molecule has 1 aromatic rings. The Hall–Kier alpha value is -1.89. The van der Waals surface area contributed by atoms with Crippen molar-refractivity contribution in [1.82, 2.24) is 0 Å². The molecular weight excluding hydrogens is 358 g/mol. The van der Waals surface area contributed by atoms with Gasteiger partial charge in [0.15, 0.2) is 0 Å². The van der Waals surface area contributed by atoms with Crippen molar-refractivity contribution in [2.75, 3.05) is 0 Å². The van der Waals surface area contributed by atoms with Crippen molar-refractivity contribution in [3.8, 4) is 0 Å². The van der Waals surface area contributed by atoms with Crippen molar-refractivity contribution in [2.24, 2.45) is 17.6 Å². The van der Waals surface area contributed by atoms with Crippen LogP contribution in [-0.2, 0) is 11.2 Å². The number of amides is 1. The SMILES string of the molecule is Cc1ccc(CCC(O)C=CC2C(O)CC(O)[C@@H]2CC=CCCCC(N)=O)o1. The van der Waals surface area contributed by atoms with E-state index in [0.717, 1.165) is 17.9 Å². The van der Waals surface area contributed by atoms with Crippen molar-refractivity contribution >= 4 is 5.91 Å². The Balaban J connectivity index is 1.81. The number of primary amides is 1. The zero-order valence-electron chi connectivity index (χ0n) is 16.5. The fourth-order valence-electron chi connectivity index (χ4n) is 3.73. The van der Waals surface area contributed by atoms with E-state index in [1.807, 2.05) is 37.3 Å². The third-order valence-electron chi connectivity index (χ3n) is 5.32. The van der Waals surface area contributed by atoms with Gasteiger partial charge in [0.1, 0.15) is 11.5 Å². The molecule has 0 aliphatic heterocycles. The number of allylic oxidation sites excluding steroid dienone is 2. The van der Waals surface area contributed by atoms with E-state index >= 15 is 0 Å². The lowest BCUT2D eigenvalue weighted by molar-refractivity contribution is -0.118. The van der Waals surface area contributed by atoms with Crippen LogP contribution in [0.3, 0.4) is 0 Å². The van der Waals surface area contributed by atoms with Gasteiger partial charge in [-0.15, -0.1) is 0 Å². The number of rotatable bonds is 11. The summed E-state index contributed by atoms with van der Waals surface area (Å²) in [5.41, 5.74) is 5.11. The van der Waals surface area contributed by atoms with Gasteiger partial charge >= 0.3 is 0 Å². The number of hydrogen-bond donors (Lipinski definition) is 4. The number of aryl methyl sites for hydroxylation is 2. The number of nitrogens with two attached hydrogens (primary N) is 1. The topological polar surface area (TPSA) is 117 Å². The first kappa shape index (κ1) is 22.4. The average molecular weight is 392 g/mol. The van der Waals surface area contributed by atoms with Gasteiger partial charge in [-0.3, -0.25) is 4.79 Å². The molecule has 28 heavy (non-hydrogen) atoms. The Bertz CT molecular complexity index is 666. The molecule has 156 valence electrons. The van der Waals surface area contributed by atoms with Gasteiger partial charge in [0, 0.05) is 25.2 Å². The van der Waals surface area contributed by atoms with Crippen molar-refractivity contribution in [3.05, 3.63) is 48.0 Å². The van der Waals surface area contributed by atoms with Crippen LogP contribution in [0.25, 0.3) is 0 Å². The molecule has 1 amide bonds. The lowest BCUT2D eigenvalue weighted by atomic mass is 9.89. The van der Waals surface area contributed by atoms with Gasteiger partial charge in [0.05, 0.1) is 18.3 Å². The van der Waals surface area contributed by atoms with Crippen LogP contribution in [0.1, 0.15) is 50.0 Å². The summed E-state index contributed by atoms with van der Waals surface area (Å²) >= 11 is 0. The van der Waals surface area contributed by atoms with Gasteiger partial charge in [0.2, 0.25) is 5.91 Å². The largest absolute Gasteiger partial charge is 0.466 e. The number of aliphatic hydroxyl groups excluding tert-OH is 3. The van der Waals surface area contributed by atoms with Gasteiger partial charge in [-0.2, -0.15) is 0 Å². The van der Waals surface area contributed by atoms with Crippen molar-refractivity contribution in [1.29, 1.82) is 0 Å². The Morgan fingerprint density at radius 2 is 2.11 bits per heavy atom. The molecule has 5 N–H and O–H groups in total. The summed E-state index contributed by atoms with van der Waals surface area (Å²) in [7, 11) is 0. The van der Waals surface area contributed by atoms with Gasteiger partial charge in [-0.25, -0.2) is 0 Å². The smallest absolute Gasteiger partial charge is 0.217 e. The molecule has 2 rings (SSSR count). The molecule has 1 fully saturated rings. The monoisotopic (exact) mass is 391 g/mol. The summed E-state index contributed by atoms with van der Waals surface area (Å²) in [4.78, 5) is 10.7. The lowest BCUT2D eigenvalue weighted by Gasteiger charge is -2.19. The molecule has 1 saturated carbocycles. The Labute approximate surface area is 166 Å². The second-order valence-corrected chi connectivity index (χ2v) is 7.68. The van der Waals surface area contributed by atoms with Gasteiger partial charge in [-0.1, -0.05) is 24.3 Å². The zero-order valence-corrected chi connectivity index (χ0v) is 16.5. The Morgan fingerprint density at radius 1 is 1.32 bits per heavy atom. The predicted octanol–water partition coefficient (Wildman–Crippen LogP) is 2.40. The predicted molar refractivity (Wildman–Crippen MR) is 107 cm³/mol. The molecule has 1 aliphatic rings. The first-order valence-corrected chi connectivity index (χ1v) is 10.1. The normalized spacial score (nSPS) is 26.4. The maximum atomic E-state index is 10.7. The van der Waals surface area contributed by atoms with E-state index in [0.29, 0.717) is 38.5 Å². The molecule has 5 atom stereocenters. The molecular formula is C22H33NO5. The first-order valence-electron chi connectivity index (χ1n) is 10.1. The third-order valence-corrected chi connectivity index (χ3v) is 5.32. The highest BCUT2D eigenvalue weighted by atomic mass is 16.3. The number of unbranched alkanes of at least 4 members (excludes halogenated alkanes) is 1. The van der Waals surface area contributed by atoms with E-state index in [-0.39, 0.29) is 17.7 Å². The second-order valence-electron chi connectivity index (χ2n) is 7.68. The van der Waals surface area contributed by atoms with Gasteiger partial charge in [-0.05, 0) is 50.7 Å². The minimum Gasteiger partial charge on any atom is -0.466 e. The van der Waals surface area contributed by atoms with E-state index in [1.54, 1.807) is 6.08 Å². The van der Waals surface area contributed by atoms with Gasteiger partial charge < -0.3 is 25.5 Å². The highest BCUT2D eigenvalue weighted by molar-refractivity contribution is 5.73. The molecule has 6 nitrogen and oxygen atoms in total. The van der Waals surface area contributed by atoms with Crippen LogP contribution in [-0.4, -0.2) is 39.5 Å². The highest BCUT2D eigenvalue weighted by Gasteiger charge is 2.39. The molecule has 0 saturated heterocycles. The van der Waals surface area contributed by atoms with E-state index < -0.39 is 18.3 Å². The number of carbonyl (C=O) groups is 1. The summed E-state index contributed by atoms with van der Waals surface area (Å²) in [6, 6.07) is 3.81. The molecule has 0 spiro atoms. The maximum absolute atomic E-state index is 10.7. The summed E-state index contributed by atoms with van der Waals surface area (Å²) in [5, 5.41) is 30.7. The third kappa shape index (κ3) is 7.26. The van der Waals surface area contributed by atoms with E-state index in [1.165, 1.54) is 0 Å². The molecule has 4 unspecified atom stereocenters. The van der Waals surface area contributed by atoms with Crippen molar-refractivity contribution in [2.45, 2.75) is 70.2 Å². The van der Waals surface area contributed by atoms with Gasteiger partial charge in [0.25, 0.3) is 0 Å². The zero-order chi connectivity index (χ0) is 20.5. The van der Waals surface area contributed by atoms with Crippen molar-refractivity contribution in [3.63, 3.8) is 0 Å². The van der Waals surface area contributed by atoms with E-state index in [9.17, 15) is 20.1 Å². The fourth-order valence-corrected chi connectivity index (χ4v) is 3.73. The minimum atomic E-state index is -0.625. The van der Waals surface area contributed by atoms with E-state index in [4.69, 9.17) is 10.2 Å². The van der Waals surface area contributed by atoms with Crippen LogP contribution in [0, 0.1) is 18.8 Å². The fraction of sp³-hybridized carbons (Fsp3) is 0.591. The second kappa shape index (κ2) is 11.2. The average Bonchev–Trinajstić information content (AvgIpc) is 3.16. The first-order chi connectivity index (χ1) is 13.4. The van der Waals surface area contributed by atoms with E-state index in [2.05, 4.69) is 0 Å². The Kier molecular flexibility index (Phi) is 8.96. The number of aliphatic hydroxyl groups is 3.